The summed E-state index contributed by atoms with van der Waals surface area (Å²) in [5, 5.41) is 2.39. The molecule has 0 aromatic heterocycles. The third-order valence-corrected chi connectivity index (χ3v) is 4.62. The molecule has 0 spiro atoms. The first-order valence-corrected chi connectivity index (χ1v) is 7.60. The van der Waals surface area contributed by atoms with E-state index in [1.54, 1.807) is 0 Å². The fraction of sp³-hybridized carbons (Fsp3) is 1.00. The van der Waals surface area contributed by atoms with Crippen molar-refractivity contribution in [1.82, 2.24) is 0 Å². The molecule has 0 heterocycles. The SMILES string of the molecule is [Li][CH2]CCCCCSC1CCCCC1. The maximum atomic E-state index is 2.29. The van der Waals surface area contributed by atoms with Crippen LogP contribution in [0.2, 0.25) is 5.09 Å². The molecule has 78 valence electrons. The van der Waals surface area contributed by atoms with Gasteiger partial charge in [0.25, 0.3) is 0 Å². The molecular weight excluding hydrogens is 183 g/mol. The summed E-state index contributed by atoms with van der Waals surface area (Å²) in [4.78, 5) is 0. The average Bonchev–Trinajstić information content (AvgIpc) is 2.25. The Hall–Kier alpha value is 0.947. The van der Waals surface area contributed by atoms with E-state index < -0.39 is 0 Å². The molecule has 1 fully saturated rings. The number of unbranched alkanes of at least 4 members (excludes halogenated alkanes) is 3. The quantitative estimate of drug-likeness (QED) is 0.444. The van der Waals surface area contributed by atoms with E-state index in [0.29, 0.717) is 0 Å². The number of hydrogen-bond donors (Lipinski definition) is 0. The van der Waals surface area contributed by atoms with Crippen LogP contribution in [0.5, 0.6) is 0 Å². The fourth-order valence-electron chi connectivity index (χ4n) is 2.19. The van der Waals surface area contributed by atoms with E-state index in [2.05, 4.69) is 29.5 Å². The van der Waals surface area contributed by atoms with E-state index in [1.807, 2.05) is 0 Å². The van der Waals surface area contributed by atoms with E-state index in [-0.39, 0.29) is 0 Å². The van der Waals surface area contributed by atoms with Gasteiger partial charge >= 0.3 is 103 Å². The van der Waals surface area contributed by atoms with Crippen molar-refractivity contribution in [3.63, 3.8) is 0 Å². The standard InChI is InChI=1S/C12H23S.Li/c1-2-3-4-8-11-13-12-9-6-5-7-10-12;/h12H,1-11H2;. The van der Waals surface area contributed by atoms with E-state index in [0.717, 1.165) is 5.25 Å². The van der Waals surface area contributed by atoms with Crippen LogP contribution in [0.15, 0.2) is 0 Å². The third kappa shape index (κ3) is 6.43. The normalized spacial score (nSPS) is 18.7. The number of hydrogen-bond acceptors (Lipinski definition) is 1. The first-order chi connectivity index (χ1) is 6.93. The summed E-state index contributed by atoms with van der Waals surface area (Å²) in [6.45, 7) is 0. The Morgan fingerprint density at radius 1 is 0.929 bits per heavy atom. The van der Waals surface area contributed by atoms with Crippen molar-refractivity contribution in [3.05, 3.63) is 0 Å². The molecule has 0 unspecified atom stereocenters. The minimum absolute atomic E-state index is 1.02. The molecule has 1 saturated carbocycles. The van der Waals surface area contributed by atoms with Crippen LogP contribution in [0, 0.1) is 0 Å². The third-order valence-electron chi connectivity index (χ3n) is 3.15. The Bertz CT molecular complexity index is 121. The summed E-state index contributed by atoms with van der Waals surface area (Å²) >= 11 is 4.54. The summed E-state index contributed by atoms with van der Waals surface area (Å²) in [6, 6.07) is 0. The molecule has 0 nitrogen and oxygen atoms in total. The minimum atomic E-state index is 1.02. The number of rotatable bonds is 7. The van der Waals surface area contributed by atoms with Gasteiger partial charge in [0.1, 0.15) is 0 Å². The van der Waals surface area contributed by atoms with Crippen LogP contribution < -0.4 is 0 Å². The maximum absolute atomic E-state index is 2.29. The Morgan fingerprint density at radius 3 is 2.36 bits per heavy atom. The van der Waals surface area contributed by atoms with Gasteiger partial charge in [-0.15, -0.1) is 0 Å². The predicted octanol–water partition coefficient (Wildman–Crippen LogP) is 4.20. The topological polar surface area (TPSA) is 0 Å². The second kappa shape index (κ2) is 9.19. The van der Waals surface area contributed by atoms with Gasteiger partial charge in [0.05, 0.1) is 0 Å². The summed E-state index contributed by atoms with van der Waals surface area (Å²) in [6.07, 6.45) is 13.3. The molecule has 0 radical (unpaired) electrons. The Kier molecular flexibility index (Phi) is 8.55. The van der Waals surface area contributed by atoms with Gasteiger partial charge in [0.2, 0.25) is 0 Å². The van der Waals surface area contributed by atoms with Crippen molar-refractivity contribution in [3.8, 4) is 0 Å². The van der Waals surface area contributed by atoms with Gasteiger partial charge in [-0.25, -0.2) is 0 Å². The van der Waals surface area contributed by atoms with E-state index in [4.69, 9.17) is 0 Å². The van der Waals surface area contributed by atoms with Crippen LogP contribution in [0.3, 0.4) is 0 Å². The monoisotopic (exact) mass is 206 g/mol. The van der Waals surface area contributed by atoms with Gasteiger partial charge in [-0.3, -0.25) is 0 Å². The zero-order valence-electron chi connectivity index (χ0n) is 9.76. The van der Waals surface area contributed by atoms with Crippen molar-refractivity contribution in [2.24, 2.45) is 0 Å². The molecular formula is C12H23LiS. The number of thioether (sulfide) groups is 1. The summed E-state index contributed by atoms with van der Waals surface area (Å²) in [5.41, 5.74) is 0. The van der Waals surface area contributed by atoms with Gasteiger partial charge in [-0.05, 0) is 0 Å². The van der Waals surface area contributed by atoms with E-state index >= 15 is 0 Å². The van der Waals surface area contributed by atoms with Gasteiger partial charge in [-0.2, -0.15) is 0 Å². The van der Waals surface area contributed by atoms with Crippen molar-refractivity contribution >= 4 is 29.5 Å². The zero-order valence-corrected chi connectivity index (χ0v) is 10.6. The predicted molar refractivity (Wildman–Crippen MR) is 68.4 cm³/mol. The van der Waals surface area contributed by atoms with Crippen LogP contribution in [-0.4, -0.2) is 28.7 Å². The molecule has 0 bridgehead atoms. The molecule has 2 heteroatoms. The summed E-state index contributed by atoms with van der Waals surface area (Å²) in [7, 11) is 0. The van der Waals surface area contributed by atoms with Crippen LogP contribution >= 0.6 is 11.8 Å². The van der Waals surface area contributed by atoms with Crippen LogP contribution in [0.4, 0.5) is 0 Å². The van der Waals surface area contributed by atoms with Gasteiger partial charge in [0.15, 0.2) is 0 Å². The molecule has 0 aliphatic heterocycles. The van der Waals surface area contributed by atoms with Crippen LogP contribution in [0.1, 0.15) is 57.8 Å². The first kappa shape index (κ1) is 13.0. The first-order valence-electron chi connectivity index (χ1n) is 6.55. The Balaban J connectivity index is 1.82. The van der Waals surface area contributed by atoms with Crippen molar-refractivity contribution < 1.29 is 0 Å². The van der Waals surface area contributed by atoms with E-state index in [9.17, 15) is 0 Å². The second-order valence-corrected chi connectivity index (χ2v) is 5.95. The summed E-state index contributed by atoms with van der Waals surface area (Å²) in [5.74, 6) is 1.42. The molecule has 14 heavy (non-hydrogen) atoms. The molecule has 0 atom stereocenters. The summed E-state index contributed by atoms with van der Waals surface area (Å²) < 4.78 is 0. The second-order valence-electron chi connectivity index (χ2n) is 4.55. The molecule has 1 aliphatic carbocycles. The van der Waals surface area contributed by atoms with Crippen LogP contribution in [-0.2, 0) is 0 Å². The van der Waals surface area contributed by atoms with Gasteiger partial charge in [-0.1, -0.05) is 0 Å². The van der Waals surface area contributed by atoms with Crippen LogP contribution in [0.25, 0.3) is 0 Å². The van der Waals surface area contributed by atoms with Gasteiger partial charge in [0, 0.05) is 0 Å². The molecule has 0 aromatic rings. The zero-order chi connectivity index (χ0) is 10.1. The van der Waals surface area contributed by atoms with Crippen molar-refractivity contribution in [2.75, 3.05) is 5.75 Å². The molecule has 1 rings (SSSR count). The fourth-order valence-corrected chi connectivity index (χ4v) is 3.56. The van der Waals surface area contributed by atoms with E-state index in [1.165, 1.54) is 68.6 Å². The van der Waals surface area contributed by atoms with Crippen molar-refractivity contribution in [1.29, 1.82) is 0 Å². The molecule has 0 aromatic carbocycles. The van der Waals surface area contributed by atoms with Gasteiger partial charge < -0.3 is 0 Å². The molecule has 1 aliphatic rings. The Morgan fingerprint density at radius 2 is 1.64 bits per heavy atom. The molecule has 0 amide bonds. The molecule has 0 N–H and O–H groups in total. The van der Waals surface area contributed by atoms with Crippen molar-refractivity contribution in [2.45, 2.75) is 68.1 Å². The Labute approximate surface area is 103 Å². The molecule has 0 saturated heterocycles. The average molecular weight is 206 g/mol.